The van der Waals surface area contributed by atoms with Gasteiger partial charge in [0.2, 0.25) is 0 Å². The zero-order valence-electron chi connectivity index (χ0n) is 37.9. The molecule has 1 aliphatic carbocycles. The predicted molar refractivity (Wildman–Crippen MR) is 258 cm³/mol. The van der Waals surface area contributed by atoms with E-state index in [1.165, 1.54) is 145 Å². The van der Waals surface area contributed by atoms with E-state index in [-0.39, 0.29) is 35.6 Å². The first kappa shape index (κ1) is 54.3. The fourth-order valence-electron chi connectivity index (χ4n) is 7.79. The van der Waals surface area contributed by atoms with E-state index in [1.807, 2.05) is 39.6 Å². The van der Waals surface area contributed by atoms with Crippen molar-refractivity contribution in [3.8, 4) is 22.3 Å². The Morgan fingerprint density at radius 2 is 0.967 bits per heavy atom. The van der Waals surface area contributed by atoms with Crippen molar-refractivity contribution in [2.24, 2.45) is 0 Å². The Kier molecular flexibility index (Phi) is 24.7. The molecule has 5 aromatic rings. The molecule has 0 amide bonds. The van der Waals surface area contributed by atoms with Crippen LogP contribution in [0.2, 0.25) is 10.0 Å². The second-order valence-corrected chi connectivity index (χ2v) is 20.9. The van der Waals surface area contributed by atoms with E-state index in [9.17, 15) is 0 Å². The molecular weight excluding hydrogens is 894 g/mol. The van der Waals surface area contributed by atoms with Crippen molar-refractivity contribution < 1.29 is 49.0 Å². The fourth-order valence-corrected chi connectivity index (χ4v) is 8.91. The molecule has 0 heterocycles. The summed E-state index contributed by atoms with van der Waals surface area (Å²) in [6.45, 7) is 18.3. The molecule has 0 nitrogen and oxygen atoms in total. The van der Waals surface area contributed by atoms with E-state index in [0.29, 0.717) is 0 Å². The Morgan fingerprint density at radius 1 is 0.583 bits per heavy atom. The van der Waals surface area contributed by atoms with Crippen molar-refractivity contribution in [2.75, 3.05) is 0 Å². The first-order chi connectivity index (χ1) is 27.7. The van der Waals surface area contributed by atoms with Gasteiger partial charge >= 0.3 is 131 Å². The van der Waals surface area contributed by atoms with Crippen molar-refractivity contribution in [1.29, 1.82) is 0 Å². The van der Waals surface area contributed by atoms with Crippen LogP contribution in [0, 0.1) is 6.08 Å². The molecule has 1 aliphatic rings. The van der Waals surface area contributed by atoms with Crippen LogP contribution in [0.5, 0.6) is 0 Å². The van der Waals surface area contributed by atoms with Crippen LogP contribution in [-0.4, -0.2) is 3.21 Å². The van der Waals surface area contributed by atoms with Gasteiger partial charge in [0.15, 0.2) is 0 Å². The standard InChI is InChI=1S/C33H31Cl2.C17H34.C5H5.2ClH.Zr/c1-32(2,3)30-18-26-22(16-28(30)20-7-11-24(34)12-8-20)15-23-17-29(21-9-13-25(35)14-10-21)31(19-27(23)26)33(4,5)6;1-3-5-7-9-11-13-15-17-16-14-12-10-8-6-4-2;1-2-4-5-3-1;;;/h7-19H,1-6H3;3-16H2,1-2H3;1-3H,4H2;2*1H;/q-1;;-1;;;+2/p-2. The zero-order valence-corrected chi connectivity index (χ0v) is 43.3. The van der Waals surface area contributed by atoms with E-state index in [1.54, 1.807) is 24.2 Å². The van der Waals surface area contributed by atoms with Gasteiger partial charge in [0, 0.05) is 10.0 Å². The summed E-state index contributed by atoms with van der Waals surface area (Å²) in [5.74, 6) is 0. The van der Waals surface area contributed by atoms with Crippen LogP contribution in [0.1, 0.15) is 163 Å². The molecule has 5 aromatic carbocycles. The summed E-state index contributed by atoms with van der Waals surface area (Å²) < 4.78 is 1.84. The van der Waals surface area contributed by atoms with Crippen LogP contribution in [0.4, 0.5) is 0 Å². The second-order valence-electron chi connectivity index (χ2n) is 18.3. The summed E-state index contributed by atoms with van der Waals surface area (Å²) in [5.41, 5.74) is 7.63. The average Bonchev–Trinajstić information content (AvgIpc) is 3.89. The van der Waals surface area contributed by atoms with Gasteiger partial charge in [-0.2, -0.15) is 6.08 Å². The molecule has 0 unspecified atom stereocenters. The molecule has 0 radical (unpaired) electrons. The molecule has 0 saturated carbocycles. The fraction of sp³-hybridized carbons (Fsp3) is 0.455. The second kappa shape index (κ2) is 27.4. The van der Waals surface area contributed by atoms with Gasteiger partial charge in [0.05, 0.1) is 0 Å². The molecule has 0 spiro atoms. The summed E-state index contributed by atoms with van der Waals surface area (Å²) in [4.78, 5) is 0. The van der Waals surface area contributed by atoms with Gasteiger partial charge in [0.1, 0.15) is 0 Å². The van der Waals surface area contributed by atoms with Crippen LogP contribution in [0.3, 0.4) is 0 Å². The summed E-state index contributed by atoms with van der Waals surface area (Å²) in [6.07, 6.45) is 30.2. The maximum atomic E-state index is 6.20. The Morgan fingerprint density at radius 3 is 1.28 bits per heavy atom. The Balaban J connectivity index is 0.000000418. The molecule has 0 bridgehead atoms. The van der Waals surface area contributed by atoms with Gasteiger partial charge in [-0.3, -0.25) is 6.08 Å². The number of rotatable bonds is 16. The Hall–Kier alpha value is -1.86. The maximum absolute atomic E-state index is 6.20. The van der Waals surface area contributed by atoms with E-state index >= 15 is 0 Å². The van der Waals surface area contributed by atoms with Gasteiger partial charge < -0.3 is 24.8 Å². The van der Waals surface area contributed by atoms with Gasteiger partial charge in [-0.25, -0.2) is 12.2 Å². The number of fused-ring (bicyclic) bond motifs is 3. The predicted octanol–water partition coefficient (Wildman–Crippen LogP) is 12.5. The van der Waals surface area contributed by atoms with Crippen LogP contribution in [0.15, 0.2) is 97.1 Å². The minimum atomic E-state index is 0. The van der Waals surface area contributed by atoms with Crippen molar-refractivity contribution in [2.45, 2.75) is 163 Å². The van der Waals surface area contributed by atoms with E-state index in [0.717, 1.165) is 16.5 Å². The Bertz CT molecular complexity index is 1920. The zero-order chi connectivity index (χ0) is 42.1. The molecule has 0 fully saturated rings. The summed E-state index contributed by atoms with van der Waals surface area (Å²) in [7, 11) is 0. The molecule has 0 atom stereocenters. The summed E-state index contributed by atoms with van der Waals surface area (Å²) in [5, 5.41) is 6.69. The largest absolute Gasteiger partial charge is 1.00 e. The van der Waals surface area contributed by atoms with E-state index in [4.69, 9.17) is 23.2 Å². The molecule has 0 aliphatic heterocycles. The summed E-state index contributed by atoms with van der Waals surface area (Å²) >= 11 is 14.1. The van der Waals surface area contributed by atoms with Gasteiger partial charge in [-0.1, -0.05) is 101 Å². The minimum absolute atomic E-state index is 0. The third-order valence-corrected chi connectivity index (χ3v) is 12.9. The molecule has 60 heavy (non-hydrogen) atoms. The van der Waals surface area contributed by atoms with E-state index in [2.05, 4.69) is 122 Å². The molecule has 0 aromatic heterocycles. The monoisotopic (exact) mass is 960 g/mol. The van der Waals surface area contributed by atoms with Crippen molar-refractivity contribution in [3.05, 3.63) is 124 Å². The maximum Gasteiger partial charge on any atom is -0.109 e. The van der Waals surface area contributed by atoms with Crippen molar-refractivity contribution in [3.63, 3.8) is 0 Å². The first-order valence-corrected chi connectivity index (χ1v) is 24.2. The molecule has 324 valence electrons. The van der Waals surface area contributed by atoms with Gasteiger partial charge in [-0.15, -0.1) is 46.2 Å². The molecule has 0 N–H and O–H groups in total. The number of halogens is 4. The topological polar surface area (TPSA) is 0 Å². The molecule has 5 heteroatoms. The normalized spacial score (nSPS) is 12.1. The molecular formula is C55H70Cl4Zr-2. The van der Waals surface area contributed by atoms with Crippen molar-refractivity contribution in [1.82, 2.24) is 0 Å². The number of hydrogen-bond donors (Lipinski definition) is 0. The minimum Gasteiger partial charge on any atom is -1.00 e. The number of hydrogen-bond acceptors (Lipinski definition) is 0. The van der Waals surface area contributed by atoms with Gasteiger partial charge in [0.25, 0.3) is 0 Å². The third-order valence-electron chi connectivity index (χ3n) is 11.2. The number of unbranched alkanes of at least 4 members (excludes halogenated alkanes) is 10. The van der Waals surface area contributed by atoms with E-state index < -0.39 is 0 Å². The SMILES string of the molecule is CC(C)(C)c1cc2c(cc1-c1ccc(Cl)cc1)[cH-]c1cc(-c3ccc(Cl)cc3)c(C(C)(C)C)cc12.CCCCCCCC[C](=[Zr+2])CCCCCCCC.[C-]1=CC=CC1.[Cl-].[Cl-]. The van der Waals surface area contributed by atoms with Gasteiger partial charge in [-0.05, 0) is 68.5 Å². The number of allylic oxidation sites excluding steroid dienone is 4. The smallest absolute Gasteiger partial charge is 0.109 e. The summed E-state index contributed by atoms with van der Waals surface area (Å²) in [6, 6.07) is 28.3. The average molecular weight is 964 g/mol. The first-order valence-electron chi connectivity index (χ1n) is 22.2. The number of benzene rings is 4. The van der Waals surface area contributed by atoms with Crippen LogP contribution < -0.4 is 24.8 Å². The van der Waals surface area contributed by atoms with Crippen LogP contribution in [0.25, 0.3) is 43.8 Å². The van der Waals surface area contributed by atoms with Crippen LogP contribution in [-0.2, 0) is 35.1 Å². The molecule has 0 saturated heterocycles. The quantitative estimate of drug-likeness (QED) is 0.0683. The third kappa shape index (κ3) is 17.4. The Labute approximate surface area is 402 Å². The van der Waals surface area contributed by atoms with Crippen molar-refractivity contribution >= 4 is 48.0 Å². The molecule has 6 rings (SSSR count). The van der Waals surface area contributed by atoms with Crippen LogP contribution >= 0.6 is 23.2 Å².